The van der Waals surface area contributed by atoms with Crippen LogP contribution in [0.2, 0.25) is 5.02 Å². The highest BCUT2D eigenvalue weighted by molar-refractivity contribution is 7.80. The van der Waals surface area contributed by atoms with Gasteiger partial charge >= 0.3 is 0 Å². The zero-order chi connectivity index (χ0) is 23.1. The van der Waals surface area contributed by atoms with Gasteiger partial charge in [-0.25, -0.2) is 0 Å². The molecule has 0 aliphatic carbocycles. The lowest BCUT2D eigenvalue weighted by atomic mass is 10.1. The molecular weight excluding hydrogens is 450 g/mol. The maximum Gasteiger partial charge on any atom is 0.256 e. The van der Waals surface area contributed by atoms with E-state index < -0.39 is 0 Å². The fraction of sp³-hybridized carbons (Fsp3) is 0.130. The first-order valence-electron chi connectivity index (χ1n) is 9.55. The Balaban J connectivity index is 1.64. The summed E-state index contributed by atoms with van der Waals surface area (Å²) in [4.78, 5) is 12.5. The van der Waals surface area contributed by atoms with Crippen LogP contribution in [0.25, 0.3) is 0 Å². The number of ether oxygens (including phenoxy) is 2. The first-order chi connectivity index (χ1) is 15.4. The van der Waals surface area contributed by atoms with Crippen molar-refractivity contribution in [2.45, 2.75) is 6.61 Å². The Bertz CT molecular complexity index is 1120. The molecule has 0 bridgehead atoms. The molecule has 0 atom stereocenters. The molecule has 0 radical (unpaired) electrons. The minimum absolute atomic E-state index is 0.207. The smallest absolute Gasteiger partial charge is 0.256 e. The molecule has 0 saturated carbocycles. The van der Waals surface area contributed by atoms with Crippen LogP contribution in [0.1, 0.15) is 15.9 Å². The van der Waals surface area contributed by atoms with Crippen molar-refractivity contribution in [2.24, 2.45) is 0 Å². The van der Waals surface area contributed by atoms with Crippen molar-refractivity contribution in [3.63, 3.8) is 0 Å². The number of carbonyl (C=O) groups is 1. The highest BCUT2D eigenvalue weighted by Gasteiger charge is 2.12. The number of halogens is 1. The lowest BCUT2D eigenvalue weighted by Crippen LogP contribution is -2.19. The van der Waals surface area contributed by atoms with Gasteiger partial charge in [-0.3, -0.25) is 4.79 Å². The number of carbonyl (C=O) groups excluding carboxylic acids is 1. The van der Waals surface area contributed by atoms with E-state index in [0.29, 0.717) is 44.1 Å². The molecule has 4 N–H and O–H groups in total. The molecule has 0 saturated heterocycles. The van der Waals surface area contributed by atoms with Gasteiger partial charge in [0.1, 0.15) is 11.5 Å². The highest BCUT2D eigenvalue weighted by Crippen LogP contribution is 2.36. The normalized spacial score (nSPS) is 10.2. The Kier molecular flexibility index (Phi) is 7.88. The third-order valence-corrected chi connectivity index (χ3v) is 5.05. The quantitative estimate of drug-likeness (QED) is 0.364. The van der Waals surface area contributed by atoms with E-state index >= 15 is 0 Å². The summed E-state index contributed by atoms with van der Waals surface area (Å²) >= 11 is 11.6. The summed E-state index contributed by atoms with van der Waals surface area (Å²) in [5, 5.41) is 19.1. The summed E-state index contributed by atoms with van der Waals surface area (Å²) in [5.41, 5.74) is 2.90. The molecule has 0 heterocycles. The number of nitrogens with one attached hydrogen (secondary N) is 3. The number of aliphatic hydroxyl groups is 1. The second-order valence-electron chi connectivity index (χ2n) is 6.61. The summed E-state index contributed by atoms with van der Waals surface area (Å²) in [6.45, 7) is -0.207. The molecule has 0 aliphatic heterocycles. The molecule has 3 aromatic rings. The zero-order valence-corrected chi connectivity index (χ0v) is 19.0. The van der Waals surface area contributed by atoms with Gasteiger partial charge in [-0.1, -0.05) is 29.8 Å². The molecule has 3 aromatic carbocycles. The topological polar surface area (TPSA) is 91.9 Å². The average molecular weight is 472 g/mol. The molecule has 0 fully saturated rings. The Hall–Kier alpha value is -3.33. The van der Waals surface area contributed by atoms with Crippen LogP contribution in [-0.2, 0) is 6.61 Å². The maximum atomic E-state index is 12.5. The fourth-order valence-electron chi connectivity index (χ4n) is 2.96. The Morgan fingerprint density at radius 3 is 2.19 bits per heavy atom. The first-order valence-corrected chi connectivity index (χ1v) is 10.3. The van der Waals surface area contributed by atoms with Crippen molar-refractivity contribution >= 4 is 51.9 Å². The van der Waals surface area contributed by atoms with Gasteiger partial charge < -0.3 is 30.5 Å². The third-order valence-electron chi connectivity index (χ3n) is 4.56. The van der Waals surface area contributed by atoms with Crippen molar-refractivity contribution in [2.75, 3.05) is 30.2 Å². The van der Waals surface area contributed by atoms with Crippen LogP contribution in [-0.4, -0.2) is 30.3 Å². The van der Waals surface area contributed by atoms with Gasteiger partial charge in [0.25, 0.3) is 5.91 Å². The number of rotatable bonds is 7. The van der Waals surface area contributed by atoms with Crippen LogP contribution in [0.15, 0.2) is 60.7 Å². The van der Waals surface area contributed by atoms with Crippen LogP contribution >= 0.6 is 23.8 Å². The molecule has 166 valence electrons. The van der Waals surface area contributed by atoms with E-state index in [1.807, 2.05) is 0 Å². The average Bonchev–Trinajstić information content (AvgIpc) is 2.80. The second-order valence-corrected chi connectivity index (χ2v) is 7.43. The van der Waals surface area contributed by atoms with Crippen molar-refractivity contribution in [3.05, 3.63) is 76.8 Å². The van der Waals surface area contributed by atoms with E-state index in [1.165, 1.54) is 14.2 Å². The van der Waals surface area contributed by atoms with Crippen LogP contribution < -0.4 is 25.4 Å². The Morgan fingerprint density at radius 1 is 0.938 bits per heavy atom. The molecule has 0 aliphatic rings. The number of thiocarbonyl (C=S) groups is 1. The van der Waals surface area contributed by atoms with Gasteiger partial charge in [-0.15, -0.1) is 0 Å². The summed E-state index contributed by atoms with van der Waals surface area (Å²) in [6.07, 6.45) is 0. The summed E-state index contributed by atoms with van der Waals surface area (Å²) in [7, 11) is 3.06. The van der Waals surface area contributed by atoms with Crippen LogP contribution in [0.3, 0.4) is 0 Å². The van der Waals surface area contributed by atoms with E-state index in [1.54, 1.807) is 60.7 Å². The van der Waals surface area contributed by atoms with Gasteiger partial charge in [0.15, 0.2) is 5.11 Å². The second kappa shape index (κ2) is 10.8. The lowest BCUT2D eigenvalue weighted by Gasteiger charge is -2.15. The number of aliphatic hydroxyl groups excluding tert-OH is 1. The number of anilines is 3. The van der Waals surface area contributed by atoms with Crippen LogP contribution in [0.5, 0.6) is 11.5 Å². The van der Waals surface area contributed by atoms with Gasteiger partial charge in [0, 0.05) is 23.0 Å². The standard InChI is InChI=1S/C23H22ClN3O4S/c1-30-20-12-21(31-2)19(11-18(20)24)27-23(32)26-16-9-7-15(8-10-16)25-22(29)17-6-4-3-5-14(17)13-28/h3-12,28H,13H2,1-2H3,(H,25,29)(H2,26,27,32). The molecular formula is C23H22ClN3O4S. The molecule has 0 unspecified atom stereocenters. The monoisotopic (exact) mass is 471 g/mol. The molecule has 0 spiro atoms. The predicted octanol–water partition coefficient (Wildman–Crippen LogP) is 4.91. The van der Waals surface area contributed by atoms with E-state index in [4.69, 9.17) is 33.3 Å². The summed E-state index contributed by atoms with van der Waals surface area (Å²) in [5.74, 6) is 0.722. The first kappa shape index (κ1) is 23.3. The van der Waals surface area contributed by atoms with E-state index in [-0.39, 0.29) is 12.5 Å². The maximum absolute atomic E-state index is 12.5. The van der Waals surface area contributed by atoms with E-state index in [2.05, 4.69) is 16.0 Å². The number of methoxy groups -OCH3 is 2. The van der Waals surface area contributed by atoms with Gasteiger partial charge in [0.2, 0.25) is 0 Å². The zero-order valence-electron chi connectivity index (χ0n) is 17.4. The van der Waals surface area contributed by atoms with Crippen LogP contribution in [0.4, 0.5) is 17.1 Å². The van der Waals surface area contributed by atoms with Crippen molar-refractivity contribution in [3.8, 4) is 11.5 Å². The number of benzene rings is 3. The van der Waals surface area contributed by atoms with E-state index in [0.717, 1.165) is 5.69 Å². The molecule has 9 heteroatoms. The molecule has 3 rings (SSSR count). The van der Waals surface area contributed by atoms with Crippen molar-refractivity contribution < 1.29 is 19.4 Å². The number of hydrogen-bond acceptors (Lipinski definition) is 5. The molecule has 32 heavy (non-hydrogen) atoms. The van der Waals surface area contributed by atoms with Gasteiger partial charge in [-0.05, 0) is 54.2 Å². The largest absolute Gasteiger partial charge is 0.495 e. The third kappa shape index (κ3) is 5.67. The van der Waals surface area contributed by atoms with Crippen molar-refractivity contribution in [1.82, 2.24) is 0 Å². The fourth-order valence-corrected chi connectivity index (χ4v) is 3.43. The van der Waals surface area contributed by atoms with E-state index in [9.17, 15) is 9.90 Å². The number of amides is 1. The SMILES string of the molecule is COc1cc(OC)c(NC(=S)Nc2ccc(NC(=O)c3ccccc3CO)cc2)cc1Cl. The Morgan fingerprint density at radius 2 is 1.56 bits per heavy atom. The summed E-state index contributed by atoms with van der Waals surface area (Å²) < 4.78 is 10.5. The highest BCUT2D eigenvalue weighted by atomic mass is 35.5. The molecule has 0 aromatic heterocycles. The molecule has 1 amide bonds. The van der Waals surface area contributed by atoms with Crippen LogP contribution in [0, 0.1) is 0 Å². The summed E-state index contributed by atoms with van der Waals surface area (Å²) in [6, 6.07) is 17.3. The minimum atomic E-state index is -0.295. The van der Waals surface area contributed by atoms with Gasteiger partial charge in [-0.2, -0.15) is 0 Å². The number of hydrogen-bond donors (Lipinski definition) is 4. The lowest BCUT2D eigenvalue weighted by molar-refractivity contribution is 0.102. The predicted molar refractivity (Wildman–Crippen MR) is 131 cm³/mol. The minimum Gasteiger partial charge on any atom is -0.495 e. The van der Waals surface area contributed by atoms with Crippen molar-refractivity contribution in [1.29, 1.82) is 0 Å². The Labute approximate surface area is 196 Å². The van der Waals surface area contributed by atoms with Gasteiger partial charge in [0.05, 0.1) is 31.5 Å². The molecule has 7 nitrogen and oxygen atoms in total.